The average molecular weight is 535 g/mol. The fourth-order valence-electron chi connectivity index (χ4n) is 5.12. The van der Waals surface area contributed by atoms with Crippen molar-refractivity contribution >= 4 is 28.2 Å². The fraction of sp³-hybridized carbons (Fsp3) is 0.300. The van der Waals surface area contributed by atoms with Crippen LogP contribution in [0, 0.1) is 13.8 Å². The van der Waals surface area contributed by atoms with Crippen molar-refractivity contribution in [3.8, 4) is 0 Å². The van der Waals surface area contributed by atoms with Crippen LogP contribution in [0.5, 0.6) is 0 Å². The van der Waals surface area contributed by atoms with Gasteiger partial charge in [0.05, 0.1) is 5.69 Å². The molecule has 4 aromatic heterocycles. The number of hydrogen-bond donors (Lipinski definition) is 3. The van der Waals surface area contributed by atoms with Gasteiger partial charge in [0, 0.05) is 52.8 Å². The van der Waals surface area contributed by atoms with E-state index in [-0.39, 0.29) is 11.8 Å². The van der Waals surface area contributed by atoms with E-state index in [1.807, 2.05) is 50.2 Å². The second-order valence-corrected chi connectivity index (χ2v) is 10.5. The van der Waals surface area contributed by atoms with Crippen molar-refractivity contribution in [1.29, 1.82) is 0 Å². The summed E-state index contributed by atoms with van der Waals surface area (Å²) in [6.07, 6.45) is 0. The second kappa shape index (κ2) is 10.4. The molecule has 3 N–H and O–H groups in total. The van der Waals surface area contributed by atoms with Crippen molar-refractivity contribution in [2.45, 2.75) is 46.5 Å². The van der Waals surface area contributed by atoms with Gasteiger partial charge in [-0.2, -0.15) is 9.73 Å². The third-order valence-corrected chi connectivity index (χ3v) is 7.34. The molecule has 4 heterocycles. The highest BCUT2D eigenvalue weighted by Crippen LogP contribution is 2.24. The number of anilines is 2. The summed E-state index contributed by atoms with van der Waals surface area (Å²) in [6, 6.07) is 20.4. The van der Waals surface area contributed by atoms with Crippen LogP contribution in [-0.2, 0) is 0 Å². The minimum absolute atomic E-state index is 0.112. The highest BCUT2D eigenvalue weighted by Gasteiger charge is 2.22. The summed E-state index contributed by atoms with van der Waals surface area (Å²) in [5, 5.41) is 25.5. The molecule has 0 fully saturated rings. The van der Waals surface area contributed by atoms with Crippen molar-refractivity contribution in [1.82, 2.24) is 39.6 Å². The minimum atomic E-state index is 0.112. The third kappa shape index (κ3) is 4.76. The maximum Gasteiger partial charge on any atom is 0.185 e. The summed E-state index contributed by atoms with van der Waals surface area (Å²) in [5.74, 6) is 1.79. The van der Waals surface area contributed by atoms with Gasteiger partial charge in [0.15, 0.2) is 22.9 Å². The van der Waals surface area contributed by atoms with E-state index in [4.69, 9.17) is 25.3 Å². The molecule has 0 aliphatic rings. The van der Waals surface area contributed by atoms with E-state index in [1.54, 1.807) is 9.26 Å². The molecule has 2 atom stereocenters. The molecule has 0 radical (unpaired) electrons. The highest BCUT2D eigenvalue weighted by atomic mass is 15.5. The van der Waals surface area contributed by atoms with Crippen LogP contribution in [0.3, 0.4) is 0 Å². The number of aromatic nitrogens is 8. The third-order valence-electron chi connectivity index (χ3n) is 7.34. The number of H-pyrrole nitrogens is 1. The summed E-state index contributed by atoms with van der Waals surface area (Å²) in [6.45, 7) is 11.9. The molecule has 0 amide bonds. The maximum atomic E-state index is 4.96. The van der Waals surface area contributed by atoms with E-state index >= 15 is 0 Å². The number of aryl methyl sites for hydroxylation is 2. The Morgan fingerprint density at radius 3 is 1.93 bits per heavy atom. The molecule has 204 valence electrons. The SMILES string of the molecule is C/C(c1c(C)[nH]n2nc(C(C)CNc3ccccc3)nc12)=c1\c(C)nn2nc(C(C)CNc3ccccc3)nc12. The molecule has 10 heteroatoms. The Balaban J connectivity index is 1.30. The molecule has 6 aromatic rings. The van der Waals surface area contributed by atoms with Crippen LogP contribution in [0.15, 0.2) is 60.7 Å². The highest BCUT2D eigenvalue weighted by molar-refractivity contribution is 5.78. The number of rotatable bonds is 9. The number of nitrogens with zero attached hydrogens (tertiary/aromatic N) is 7. The first-order valence-electron chi connectivity index (χ1n) is 13.7. The number of benzene rings is 2. The molecule has 0 spiro atoms. The molecule has 0 saturated carbocycles. The zero-order valence-corrected chi connectivity index (χ0v) is 23.5. The normalized spacial score (nSPS) is 14.0. The lowest BCUT2D eigenvalue weighted by molar-refractivity contribution is 0.702. The molecule has 40 heavy (non-hydrogen) atoms. The molecule has 0 aliphatic heterocycles. The lowest BCUT2D eigenvalue weighted by Crippen LogP contribution is -2.13. The van der Waals surface area contributed by atoms with Gasteiger partial charge in [0.25, 0.3) is 0 Å². The Morgan fingerprint density at radius 2 is 1.32 bits per heavy atom. The summed E-state index contributed by atoms with van der Waals surface area (Å²) < 4.78 is 3.44. The first-order chi connectivity index (χ1) is 19.4. The Labute approximate surface area is 232 Å². The van der Waals surface area contributed by atoms with E-state index in [1.165, 1.54) is 0 Å². The van der Waals surface area contributed by atoms with Crippen LogP contribution in [-0.4, -0.2) is 52.7 Å². The Bertz CT molecular complexity index is 1810. The topological polar surface area (TPSA) is 113 Å². The first kappa shape index (κ1) is 25.5. The predicted octanol–water partition coefficient (Wildman–Crippen LogP) is 4.48. The van der Waals surface area contributed by atoms with Crippen LogP contribution in [0.25, 0.3) is 16.9 Å². The van der Waals surface area contributed by atoms with E-state index in [9.17, 15) is 0 Å². The first-order valence-corrected chi connectivity index (χ1v) is 13.7. The minimum Gasteiger partial charge on any atom is -0.384 e. The number of hydrogen-bond acceptors (Lipinski definition) is 7. The molecule has 0 bridgehead atoms. The maximum absolute atomic E-state index is 4.96. The largest absolute Gasteiger partial charge is 0.384 e. The standard InChI is InChI=1S/C30H34N10/c1-18(16-31-23-12-8-6-9-13-23)27-33-29-25(21(4)35-39(29)37-27)20(3)26-22(5)36-40-30(26)34-28(38-40)19(2)17-32-24-14-10-7-11-15-24/h6-15,18-19,31-32,35H,16-17H2,1-5H3/b26-20-. The summed E-state index contributed by atoms with van der Waals surface area (Å²) in [5.41, 5.74) is 7.67. The summed E-state index contributed by atoms with van der Waals surface area (Å²) in [4.78, 5) is 9.90. The monoisotopic (exact) mass is 534 g/mol. The smallest absolute Gasteiger partial charge is 0.185 e. The van der Waals surface area contributed by atoms with E-state index in [2.05, 4.69) is 60.8 Å². The van der Waals surface area contributed by atoms with Gasteiger partial charge in [0.2, 0.25) is 0 Å². The Hall–Kier alpha value is -4.73. The second-order valence-electron chi connectivity index (χ2n) is 10.5. The van der Waals surface area contributed by atoms with E-state index in [0.717, 1.165) is 75.2 Å². The number of aromatic amines is 1. The molecular weight excluding hydrogens is 500 g/mol. The Kier molecular flexibility index (Phi) is 6.67. The predicted molar refractivity (Wildman–Crippen MR) is 158 cm³/mol. The van der Waals surface area contributed by atoms with Crippen molar-refractivity contribution in [3.63, 3.8) is 0 Å². The van der Waals surface area contributed by atoms with Crippen molar-refractivity contribution < 1.29 is 0 Å². The van der Waals surface area contributed by atoms with Crippen LogP contribution in [0.4, 0.5) is 11.4 Å². The molecule has 0 aliphatic carbocycles. The number of fused-ring (bicyclic) bond motifs is 2. The zero-order valence-electron chi connectivity index (χ0n) is 23.5. The quantitative estimate of drug-likeness (QED) is 0.251. The van der Waals surface area contributed by atoms with Crippen LogP contribution in [0.2, 0.25) is 0 Å². The molecule has 6 rings (SSSR count). The van der Waals surface area contributed by atoms with Crippen molar-refractivity contribution in [2.75, 3.05) is 23.7 Å². The number of nitrogens with one attached hydrogen (secondary N) is 3. The average Bonchev–Trinajstić information content (AvgIpc) is 3.70. The van der Waals surface area contributed by atoms with Crippen molar-refractivity contribution in [2.24, 2.45) is 0 Å². The fourth-order valence-corrected chi connectivity index (χ4v) is 5.12. The molecular formula is C30H34N10. The van der Waals surface area contributed by atoms with Gasteiger partial charge in [-0.15, -0.1) is 14.8 Å². The lowest BCUT2D eigenvalue weighted by Gasteiger charge is -2.10. The number of para-hydroxylation sites is 2. The Morgan fingerprint density at radius 1 is 0.775 bits per heavy atom. The van der Waals surface area contributed by atoms with E-state index in [0.29, 0.717) is 0 Å². The van der Waals surface area contributed by atoms with Gasteiger partial charge in [0.1, 0.15) is 0 Å². The summed E-state index contributed by atoms with van der Waals surface area (Å²) in [7, 11) is 0. The van der Waals surface area contributed by atoms with Gasteiger partial charge >= 0.3 is 0 Å². The molecule has 2 aromatic carbocycles. The lowest BCUT2D eigenvalue weighted by atomic mass is 10.1. The van der Waals surface area contributed by atoms with Gasteiger partial charge in [-0.05, 0) is 50.6 Å². The van der Waals surface area contributed by atoms with Gasteiger partial charge < -0.3 is 10.6 Å². The molecule has 0 saturated heterocycles. The summed E-state index contributed by atoms with van der Waals surface area (Å²) >= 11 is 0. The van der Waals surface area contributed by atoms with Crippen LogP contribution in [0.1, 0.15) is 61.2 Å². The van der Waals surface area contributed by atoms with Crippen molar-refractivity contribution in [3.05, 3.63) is 94.5 Å². The van der Waals surface area contributed by atoms with Crippen LogP contribution >= 0.6 is 0 Å². The van der Waals surface area contributed by atoms with Gasteiger partial charge in [-0.25, -0.2) is 9.97 Å². The van der Waals surface area contributed by atoms with Gasteiger partial charge in [-0.1, -0.05) is 50.2 Å². The van der Waals surface area contributed by atoms with Crippen LogP contribution < -0.4 is 15.9 Å². The van der Waals surface area contributed by atoms with E-state index < -0.39 is 0 Å². The zero-order chi connectivity index (χ0) is 27.8. The van der Waals surface area contributed by atoms with Gasteiger partial charge in [-0.3, -0.25) is 5.10 Å². The molecule has 2 unspecified atom stereocenters. The molecule has 10 nitrogen and oxygen atoms in total.